The van der Waals surface area contributed by atoms with Crippen molar-refractivity contribution >= 4 is 11.6 Å². The van der Waals surface area contributed by atoms with Crippen LogP contribution in [0.4, 0.5) is 10.1 Å². The van der Waals surface area contributed by atoms with Gasteiger partial charge in [0.2, 0.25) is 5.91 Å². The maximum atomic E-state index is 13.9. The van der Waals surface area contributed by atoms with E-state index in [0.717, 1.165) is 6.42 Å². The first-order chi connectivity index (χ1) is 8.65. The molecular formula is C13H17FN2O2. The highest BCUT2D eigenvalue weighted by Crippen LogP contribution is 2.25. The highest BCUT2D eigenvalue weighted by molar-refractivity contribution is 5.86. The van der Waals surface area contributed by atoms with Crippen molar-refractivity contribution in [3.63, 3.8) is 0 Å². The molecule has 5 heteroatoms. The summed E-state index contributed by atoms with van der Waals surface area (Å²) in [5.74, 6) is -0.636. The molecule has 0 aromatic heterocycles. The quantitative estimate of drug-likeness (QED) is 0.822. The molecule has 4 nitrogen and oxygen atoms in total. The van der Waals surface area contributed by atoms with Gasteiger partial charge in [0.25, 0.3) is 0 Å². The summed E-state index contributed by atoms with van der Waals surface area (Å²) in [4.78, 5) is 13.5. The molecule has 2 N–H and O–H groups in total. The number of carbonyl (C=O) groups is 1. The van der Waals surface area contributed by atoms with Gasteiger partial charge in [0, 0.05) is 12.6 Å². The molecule has 0 aliphatic carbocycles. The van der Waals surface area contributed by atoms with Gasteiger partial charge >= 0.3 is 0 Å². The molecule has 0 spiro atoms. The number of para-hydroxylation sites is 1. The molecule has 0 bridgehead atoms. The number of amides is 1. The van der Waals surface area contributed by atoms with Crippen molar-refractivity contribution in [2.45, 2.75) is 25.4 Å². The summed E-state index contributed by atoms with van der Waals surface area (Å²) in [6, 6.07) is 5.57. The predicted molar refractivity (Wildman–Crippen MR) is 66.8 cm³/mol. The van der Waals surface area contributed by atoms with E-state index in [1.807, 2.05) is 6.92 Å². The fraction of sp³-hybridized carbons (Fsp3) is 0.462. The number of hydrogen-bond acceptors (Lipinski definition) is 3. The van der Waals surface area contributed by atoms with Crippen LogP contribution in [0.2, 0.25) is 0 Å². The molecule has 0 saturated carbocycles. The zero-order valence-corrected chi connectivity index (χ0v) is 10.3. The highest BCUT2D eigenvalue weighted by atomic mass is 19.1. The molecule has 1 heterocycles. The Morgan fingerprint density at radius 1 is 1.50 bits per heavy atom. The second-order valence-corrected chi connectivity index (χ2v) is 4.49. The van der Waals surface area contributed by atoms with E-state index in [1.165, 1.54) is 6.07 Å². The Kier molecular flexibility index (Phi) is 3.81. The monoisotopic (exact) mass is 252 g/mol. The lowest BCUT2D eigenvalue weighted by Gasteiger charge is -2.34. The minimum absolute atomic E-state index is 0.0157. The third-order valence-electron chi connectivity index (χ3n) is 3.28. The van der Waals surface area contributed by atoms with Gasteiger partial charge in [-0.25, -0.2) is 4.39 Å². The van der Waals surface area contributed by atoms with Gasteiger partial charge in [0.15, 0.2) is 0 Å². The number of benzene rings is 1. The molecule has 2 unspecified atom stereocenters. The SMILES string of the molecule is CC1CCNC(=O)C(CO)N1c1ccccc1F. The third-order valence-corrected chi connectivity index (χ3v) is 3.28. The molecule has 1 saturated heterocycles. The first-order valence-corrected chi connectivity index (χ1v) is 6.06. The second-order valence-electron chi connectivity index (χ2n) is 4.49. The maximum absolute atomic E-state index is 13.9. The number of aliphatic hydroxyl groups excluding tert-OH is 1. The minimum atomic E-state index is -0.737. The second kappa shape index (κ2) is 5.35. The molecule has 1 aromatic rings. The van der Waals surface area contributed by atoms with Crippen LogP contribution in [0.15, 0.2) is 24.3 Å². The lowest BCUT2D eigenvalue weighted by molar-refractivity contribution is -0.122. The number of nitrogens with zero attached hydrogens (tertiary/aromatic N) is 1. The average molecular weight is 252 g/mol. The van der Waals surface area contributed by atoms with Gasteiger partial charge in [-0.3, -0.25) is 4.79 Å². The van der Waals surface area contributed by atoms with Crippen molar-refractivity contribution in [2.24, 2.45) is 0 Å². The van der Waals surface area contributed by atoms with Gasteiger partial charge in [0.05, 0.1) is 12.3 Å². The smallest absolute Gasteiger partial charge is 0.245 e. The van der Waals surface area contributed by atoms with Crippen LogP contribution in [0.25, 0.3) is 0 Å². The van der Waals surface area contributed by atoms with E-state index in [0.29, 0.717) is 12.2 Å². The molecule has 18 heavy (non-hydrogen) atoms. The maximum Gasteiger partial charge on any atom is 0.245 e. The van der Waals surface area contributed by atoms with Crippen LogP contribution in [-0.4, -0.2) is 36.2 Å². The Bertz CT molecular complexity index is 439. The summed E-state index contributed by atoms with van der Waals surface area (Å²) in [6.07, 6.45) is 0.719. The fourth-order valence-corrected chi connectivity index (χ4v) is 2.33. The lowest BCUT2D eigenvalue weighted by Crippen LogP contribution is -2.49. The average Bonchev–Trinajstić information content (AvgIpc) is 2.49. The number of nitrogens with one attached hydrogen (secondary N) is 1. The van der Waals surface area contributed by atoms with Crippen molar-refractivity contribution in [3.05, 3.63) is 30.1 Å². The van der Waals surface area contributed by atoms with Crippen LogP contribution >= 0.6 is 0 Å². The number of rotatable bonds is 2. The van der Waals surface area contributed by atoms with Gasteiger partial charge in [-0.15, -0.1) is 0 Å². The Labute approximate surface area is 105 Å². The van der Waals surface area contributed by atoms with E-state index in [1.54, 1.807) is 23.1 Å². The van der Waals surface area contributed by atoms with Crippen molar-refractivity contribution < 1.29 is 14.3 Å². The van der Waals surface area contributed by atoms with Gasteiger partial charge in [-0.05, 0) is 25.5 Å². The van der Waals surface area contributed by atoms with E-state index in [2.05, 4.69) is 5.32 Å². The van der Waals surface area contributed by atoms with Crippen LogP contribution in [0.3, 0.4) is 0 Å². The molecule has 1 aromatic carbocycles. The predicted octanol–water partition coefficient (Wildman–Crippen LogP) is 0.901. The molecule has 1 aliphatic rings. The van der Waals surface area contributed by atoms with Crippen LogP contribution in [0.5, 0.6) is 0 Å². The molecule has 2 rings (SSSR count). The number of aliphatic hydroxyl groups is 1. The number of hydrogen-bond donors (Lipinski definition) is 2. The zero-order valence-electron chi connectivity index (χ0n) is 10.3. The number of carbonyl (C=O) groups excluding carboxylic acids is 1. The summed E-state index contributed by atoms with van der Waals surface area (Å²) < 4.78 is 13.9. The molecule has 2 atom stereocenters. The van der Waals surface area contributed by atoms with E-state index in [4.69, 9.17) is 0 Å². The third kappa shape index (κ3) is 2.31. The van der Waals surface area contributed by atoms with Gasteiger partial charge in [-0.1, -0.05) is 12.1 Å². The van der Waals surface area contributed by atoms with Crippen LogP contribution < -0.4 is 10.2 Å². The summed E-state index contributed by atoms with van der Waals surface area (Å²) in [7, 11) is 0. The topological polar surface area (TPSA) is 52.6 Å². The lowest BCUT2D eigenvalue weighted by atomic mass is 10.1. The first-order valence-electron chi connectivity index (χ1n) is 6.06. The molecule has 1 aliphatic heterocycles. The molecule has 1 amide bonds. The Morgan fingerprint density at radius 2 is 2.22 bits per heavy atom. The van der Waals surface area contributed by atoms with Gasteiger partial charge in [0.1, 0.15) is 11.9 Å². The zero-order chi connectivity index (χ0) is 13.1. The highest BCUT2D eigenvalue weighted by Gasteiger charge is 2.32. The largest absolute Gasteiger partial charge is 0.394 e. The Morgan fingerprint density at radius 3 is 2.89 bits per heavy atom. The minimum Gasteiger partial charge on any atom is -0.394 e. The number of anilines is 1. The van der Waals surface area contributed by atoms with Crippen molar-refractivity contribution in [1.29, 1.82) is 0 Å². The van der Waals surface area contributed by atoms with Crippen LogP contribution in [0, 0.1) is 5.82 Å². The molecule has 1 fully saturated rings. The van der Waals surface area contributed by atoms with Crippen molar-refractivity contribution in [2.75, 3.05) is 18.1 Å². The van der Waals surface area contributed by atoms with Gasteiger partial charge < -0.3 is 15.3 Å². The first kappa shape index (κ1) is 12.8. The van der Waals surface area contributed by atoms with E-state index in [9.17, 15) is 14.3 Å². The molecule has 98 valence electrons. The van der Waals surface area contributed by atoms with E-state index >= 15 is 0 Å². The Balaban J connectivity index is 2.42. The molecular weight excluding hydrogens is 235 g/mol. The Hall–Kier alpha value is -1.62. The van der Waals surface area contributed by atoms with E-state index in [-0.39, 0.29) is 24.4 Å². The van der Waals surface area contributed by atoms with Crippen LogP contribution in [-0.2, 0) is 4.79 Å². The van der Waals surface area contributed by atoms with Crippen LogP contribution in [0.1, 0.15) is 13.3 Å². The fourth-order valence-electron chi connectivity index (χ4n) is 2.33. The standard InChI is InChI=1S/C13H17FN2O2/c1-9-6-7-15-13(18)12(8-17)16(9)11-5-3-2-4-10(11)14/h2-5,9,12,17H,6-8H2,1H3,(H,15,18). The normalized spacial score (nSPS) is 24.6. The summed E-state index contributed by atoms with van der Waals surface area (Å²) >= 11 is 0. The van der Waals surface area contributed by atoms with Crippen molar-refractivity contribution in [3.8, 4) is 0 Å². The van der Waals surface area contributed by atoms with E-state index < -0.39 is 6.04 Å². The molecule has 0 radical (unpaired) electrons. The number of halogens is 1. The summed E-state index contributed by atoms with van der Waals surface area (Å²) in [5.41, 5.74) is 0.362. The summed E-state index contributed by atoms with van der Waals surface area (Å²) in [5, 5.41) is 12.1. The summed E-state index contributed by atoms with van der Waals surface area (Å²) in [6.45, 7) is 2.14. The van der Waals surface area contributed by atoms with Gasteiger partial charge in [-0.2, -0.15) is 0 Å². The van der Waals surface area contributed by atoms with Crippen molar-refractivity contribution in [1.82, 2.24) is 5.32 Å².